The van der Waals surface area contributed by atoms with Crippen LogP contribution in [0.1, 0.15) is 30.2 Å². The summed E-state index contributed by atoms with van der Waals surface area (Å²) in [6, 6.07) is 14.5. The standard InChI is InChI=1S/C26H28N4O4/c1-5-33-19-10-12-21(13-11-19)34-20-8-6-18(7-9-20)27-23(31)15-14-22-16(2)24-17(3)29-30(4)25(24)28-26(22)32/h6-13H,5,14-15H2,1-4H3,(H,27,31)(H,28,32). The van der Waals surface area contributed by atoms with Crippen LogP contribution in [0.25, 0.3) is 11.0 Å². The predicted molar refractivity (Wildman–Crippen MR) is 132 cm³/mol. The van der Waals surface area contributed by atoms with E-state index in [1.165, 1.54) is 0 Å². The maximum Gasteiger partial charge on any atom is 0.253 e. The van der Waals surface area contributed by atoms with E-state index < -0.39 is 0 Å². The van der Waals surface area contributed by atoms with Crippen molar-refractivity contribution < 1.29 is 14.3 Å². The molecule has 0 spiro atoms. The molecule has 2 heterocycles. The largest absolute Gasteiger partial charge is 0.494 e. The van der Waals surface area contributed by atoms with Crippen LogP contribution in [0.15, 0.2) is 53.3 Å². The molecule has 4 rings (SSSR count). The Hall–Kier alpha value is -4.07. The molecule has 0 saturated heterocycles. The van der Waals surface area contributed by atoms with Crippen molar-refractivity contribution in [3.63, 3.8) is 0 Å². The second-order valence-electron chi connectivity index (χ2n) is 8.07. The number of H-pyrrole nitrogens is 1. The average molecular weight is 461 g/mol. The minimum atomic E-state index is -0.184. The number of aromatic nitrogens is 3. The van der Waals surface area contributed by atoms with Gasteiger partial charge < -0.3 is 19.8 Å². The highest BCUT2D eigenvalue weighted by Gasteiger charge is 2.16. The maximum atomic E-state index is 12.6. The molecular formula is C26H28N4O4. The van der Waals surface area contributed by atoms with Crippen LogP contribution in [0.2, 0.25) is 0 Å². The van der Waals surface area contributed by atoms with Crippen LogP contribution >= 0.6 is 0 Å². The first-order valence-electron chi connectivity index (χ1n) is 11.2. The minimum absolute atomic E-state index is 0.165. The number of hydrogen-bond acceptors (Lipinski definition) is 5. The molecule has 0 saturated carbocycles. The summed E-state index contributed by atoms with van der Waals surface area (Å²) in [4.78, 5) is 28.0. The van der Waals surface area contributed by atoms with Crippen LogP contribution < -0.4 is 20.3 Å². The molecule has 8 nitrogen and oxygen atoms in total. The molecule has 8 heteroatoms. The zero-order valence-corrected chi connectivity index (χ0v) is 19.8. The van der Waals surface area contributed by atoms with Gasteiger partial charge in [-0.1, -0.05) is 0 Å². The smallest absolute Gasteiger partial charge is 0.253 e. The van der Waals surface area contributed by atoms with Gasteiger partial charge in [0.1, 0.15) is 22.9 Å². The van der Waals surface area contributed by atoms with E-state index in [0.717, 1.165) is 22.4 Å². The number of benzene rings is 2. The summed E-state index contributed by atoms with van der Waals surface area (Å²) in [6.07, 6.45) is 0.537. The van der Waals surface area contributed by atoms with E-state index in [9.17, 15) is 9.59 Å². The second-order valence-corrected chi connectivity index (χ2v) is 8.07. The van der Waals surface area contributed by atoms with Gasteiger partial charge in [0.05, 0.1) is 12.3 Å². The Balaban J connectivity index is 1.36. The van der Waals surface area contributed by atoms with Gasteiger partial charge in [-0.3, -0.25) is 14.3 Å². The van der Waals surface area contributed by atoms with Crippen molar-refractivity contribution in [1.29, 1.82) is 0 Å². The second kappa shape index (κ2) is 9.82. The predicted octanol–water partition coefficient (Wildman–Crippen LogP) is 4.64. The summed E-state index contributed by atoms with van der Waals surface area (Å²) in [6.45, 7) is 6.37. The summed E-state index contributed by atoms with van der Waals surface area (Å²) in [5.41, 5.74) is 3.50. The van der Waals surface area contributed by atoms with E-state index in [0.29, 0.717) is 41.4 Å². The van der Waals surface area contributed by atoms with Crippen LogP contribution in [0.3, 0.4) is 0 Å². The number of carbonyl (C=O) groups excluding carboxylic acids is 1. The van der Waals surface area contributed by atoms with Crippen LogP contribution in [0, 0.1) is 13.8 Å². The Morgan fingerprint density at radius 1 is 1.03 bits per heavy atom. The molecule has 2 N–H and O–H groups in total. The third kappa shape index (κ3) is 4.96. The third-order valence-electron chi connectivity index (χ3n) is 5.67. The van der Waals surface area contributed by atoms with Crippen molar-refractivity contribution in [2.45, 2.75) is 33.6 Å². The summed E-state index contributed by atoms with van der Waals surface area (Å²) in [5.74, 6) is 1.98. The van der Waals surface area contributed by atoms with E-state index in [1.54, 1.807) is 36.0 Å². The zero-order valence-electron chi connectivity index (χ0n) is 19.8. The lowest BCUT2D eigenvalue weighted by molar-refractivity contribution is -0.116. The highest BCUT2D eigenvalue weighted by atomic mass is 16.5. The number of ether oxygens (including phenoxy) is 2. The molecule has 0 bridgehead atoms. The third-order valence-corrected chi connectivity index (χ3v) is 5.67. The number of hydrogen-bond donors (Lipinski definition) is 2. The molecule has 2 aromatic heterocycles. The molecule has 0 aliphatic rings. The van der Waals surface area contributed by atoms with Crippen molar-refractivity contribution in [1.82, 2.24) is 14.8 Å². The molecule has 0 aliphatic carbocycles. The van der Waals surface area contributed by atoms with Crippen LogP contribution in [-0.4, -0.2) is 27.3 Å². The van der Waals surface area contributed by atoms with Crippen LogP contribution in [0.4, 0.5) is 5.69 Å². The van der Waals surface area contributed by atoms with E-state index in [2.05, 4.69) is 15.4 Å². The van der Waals surface area contributed by atoms with Gasteiger partial charge >= 0.3 is 0 Å². The Morgan fingerprint density at radius 2 is 1.65 bits per heavy atom. The molecule has 0 aliphatic heterocycles. The first-order valence-corrected chi connectivity index (χ1v) is 11.2. The quantitative estimate of drug-likeness (QED) is 0.399. The fourth-order valence-electron chi connectivity index (χ4n) is 4.03. The van der Waals surface area contributed by atoms with Gasteiger partial charge in [0.25, 0.3) is 5.56 Å². The maximum absolute atomic E-state index is 12.6. The normalized spacial score (nSPS) is 10.9. The number of rotatable bonds is 8. The van der Waals surface area contributed by atoms with Crippen molar-refractivity contribution in [2.75, 3.05) is 11.9 Å². The number of carbonyl (C=O) groups is 1. The van der Waals surface area contributed by atoms with Gasteiger partial charge in [0.2, 0.25) is 5.91 Å². The molecule has 4 aromatic rings. The first kappa shape index (κ1) is 23.1. The van der Waals surface area contributed by atoms with Gasteiger partial charge in [-0.05, 0) is 81.3 Å². The summed E-state index contributed by atoms with van der Waals surface area (Å²) in [5, 5.41) is 8.19. The molecule has 2 aromatic carbocycles. The number of aryl methyl sites for hydroxylation is 3. The van der Waals surface area contributed by atoms with Gasteiger partial charge in [0.15, 0.2) is 0 Å². The van der Waals surface area contributed by atoms with E-state index >= 15 is 0 Å². The highest BCUT2D eigenvalue weighted by molar-refractivity contribution is 5.91. The Morgan fingerprint density at radius 3 is 2.29 bits per heavy atom. The fraction of sp³-hybridized carbons (Fsp3) is 0.269. The first-order chi connectivity index (χ1) is 16.4. The fourth-order valence-corrected chi connectivity index (χ4v) is 4.03. The molecule has 0 radical (unpaired) electrons. The molecule has 0 atom stereocenters. The lowest BCUT2D eigenvalue weighted by Crippen LogP contribution is -2.19. The molecule has 0 unspecified atom stereocenters. The number of aromatic amines is 1. The molecule has 0 fully saturated rings. The Bertz CT molecular complexity index is 1370. The minimum Gasteiger partial charge on any atom is -0.494 e. The summed E-state index contributed by atoms with van der Waals surface area (Å²) < 4.78 is 12.9. The Kier molecular flexibility index (Phi) is 6.67. The van der Waals surface area contributed by atoms with E-state index in [1.807, 2.05) is 45.0 Å². The van der Waals surface area contributed by atoms with Crippen LogP contribution in [-0.2, 0) is 18.3 Å². The number of nitrogens with one attached hydrogen (secondary N) is 2. The molecule has 176 valence electrons. The number of fused-ring (bicyclic) bond motifs is 1. The molecular weight excluding hydrogens is 432 g/mol. The Labute approximate surface area is 197 Å². The molecule has 1 amide bonds. The van der Waals surface area contributed by atoms with Crippen molar-refractivity contribution >= 4 is 22.6 Å². The number of amides is 1. The van der Waals surface area contributed by atoms with Gasteiger partial charge in [-0.2, -0.15) is 5.10 Å². The molecule has 34 heavy (non-hydrogen) atoms. The van der Waals surface area contributed by atoms with Crippen molar-refractivity contribution in [3.8, 4) is 17.2 Å². The van der Waals surface area contributed by atoms with Crippen LogP contribution in [0.5, 0.6) is 17.2 Å². The summed E-state index contributed by atoms with van der Waals surface area (Å²) in [7, 11) is 1.80. The van der Waals surface area contributed by atoms with Gasteiger partial charge in [-0.25, -0.2) is 0 Å². The highest BCUT2D eigenvalue weighted by Crippen LogP contribution is 2.25. The van der Waals surface area contributed by atoms with Crippen molar-refractivity contribution in [2.24, 2.45) is 7.05 Å². The number of anilines is 1. The summed E-state index contributed by atoms with van der Waals surface area (Å²) >= 11 is 0. The topological polar surface area (TPSA) is 98.2 Å². The number of pyridine rings is 1. The monoisotopic (exact) mass is 460 g/mol. The zero-order chi connectivity index (χ0) is 24.2. The SMILES string of the molecule is CCOc1ccc(Oc2ccc(NC(=O)CCc3c(C)c4c(C)nn(C)c4[nH]c3=O)cc2)cc1. The lowest BCUT2D eigenvalue weighted by Gasteiger charge is -2.10. The van der Waals surface area contributed by atoms with Gasteiger partial charge in [-0.15, -0.1) is 0 Å². The average Bonchev–Trinajstić information content (AvgIpc) is 3.09. The van der Waals surface area contributed by atoms with Crippen molar-refractivity contribution in [3.05, 3.63) is 75.7 Å². The van der Waals surface area contributed by atoms with E-state index in [-0.39, 0.29) is 17.9 Å². The number of nitrogens with zero attached hydrogens (tertiary/aromatic N) is 2. The van der Waals surface area contributed by atoms with E-state index in [4.69, 9.17) is 9.47 Å². The lowest BCUT2D eigenvalue weighted by atomic mass is 10.0. The van der Waals surface area contributed by atoms with Gasteiger partial charge in [0, 0.05) is 30.1 Å².